The first-order chi connectivity index (χ1) is 14.7. The lowest BCUT2D eigenvalue weighted by Gasteiger charge is -2.43. The normalized spacial score (nSPS) is 35.4. The molecule has 3 aliphatic rings. The van der Waals surface area contributed by atoms with Crippen LogP contribution in [0.1, 0.15) is 66.7 Å². The first-order valence-corrected chi connectivity index (χ1v) is 15.1. The number of aliphatic hydroxyl groups is 2. The van der Waals surface area contributed by atoms with Gasteiger partial charge in [-0.3, -0.25) is 4.79 Å². The molecule has 0 spiro atoms. The molecule has 1 saturated heterocycles. The third kappa shape index (κ3) is 4.96. The summed E-state index contributed by atoms with van der Waals surface area (Å²) < 4.78 is 24.3. The maximum Gasteiger partial charge on any atom is 0.311 e. The third-order valence-electron chi connectivity index (χ3n) is 8.22. The molecular formula is C24H44O7Si. The Balaban J connectivity index is 1.99. The molecule has 0 amide bonds. The highest BCUT2D eigenvalue weighted by Gasteiger charge is 2.64. The number of esters is 1. The van der Waals surface area contributed by atoms with Crippen molar-refractivity contribution in [3.63, 3.8) is 0 Å². The molecule has 7 nitrogen and oxygen atoms in total. The predicted octanol–water partition coefficient (Wildman–Crippen LogP) is 3.62. The van der Waals surface area contributed by atoms with Crippen molar-refractivity contribution in [2.45, 2.75) is 121 Å². The van der Waals surface area contributed by atoms with Gasteiger partial charge in [-0.2, -0.15) is 0 Å². The lowest BCUT2D eigenvalue weighted by atomic mass is 9.74. The molecule has 3 rings (SSSR count). The molecule has 8 heteroatoms. The van der Waals surface area contributed by atoms with Crippen molar-refractivity contribution >= 4 is 14.3 Å². The Kier molecular flexibility index (Phi) is 7.56. The van der Waals surface area contributed by atoms with E-state index < -0.39 is 62.4 Å². The van der Waals surface area contributed by atoms with Crippen LogP contribution in [0, 0.1) is 17.8 Å². The number of aliphatic hydroxyl groups excluding tert-OH is 2. The highest BCUT2D eigenvalue weighted by molar-refractivity contribution is 6.74. The number of hydrogen-bond donors (Lipinski definition) is 2. The standard InChI is InChI=1S/C24H44O7Si/c1-23(2,3)32(7,8)31-19-15(18(26)20-21(19)30-24(4,5)29-20)16(22(27)28-6)17(25)14-12-10-9-11-13-14/h14-21,25-26H,9-13H2,1-8H3/t15-,16+,17-,18-,19+,20+,21-/m0/s1. The van der Waals surface area contributed by atoms with Crippen molar-refractivity contribution < 1.29 is 33.6 Å². The molecule has 1 aliphatic heterocycles. The van der Waals surface area contributed by atoms with Crippen molar-refractivity contribution in [1.29, 1.82) is 0 Å². The molecule has 0 aromatic rings. The van der Waals surface area contributed by atoms with Crippen molar-refractivity contribution in [2.24, 2.45) is 17.8 Å². The Bertz CT molecular complexity index is 668. The SMILES string of the molecule is COC(=O)[C@H]([C@H]1[C@H](O)[C@H]2OC(C)(C)O[C@H]2[C@@H]1O[Si](C)(C)C(C)(C)C)[C@@H](O)C1CCCCC1. The van der Waals surface area contributed by atoms with Gasteiger partial charge in [0, 0.05) is 5.92 Å². The number of rotatable bonds is 6. The Morgan fingerprint density at radius 1 is 1.09 bits per heavy atom. The number of carbonyl (C=O) groups excluding carboxylic acids is 1. The zero-order valence-corrected chi connectivity index (χ0v) is 22.1. The Morgan fingerprint density at radius 3 is 2.19 bits per heavy atom. The van der Waals surface area contributed by atoms with Crippen molar-refractivity contribution in [3.05, 3.63) is 0 Å². The van der Waals surface area contributed by atoms with Crippen LogP contribution in [0.25, 0.3) is 0 Å². The summed E-state index contributed by atoms with van der Waals surface area (Å²) in [6, 6.07) is 0. The molecule has 0 radical (unpaired) electrons. The highest BCUT2D eigenvalue weighted by Crippen LogP contribution is 2.50. The van der Waals surface area contributed by atoms with E-state index in [9.17, 15) is 15.0 Å². The molecule has 0 bridgehead atoms. The third-order valence-corrected chi connectivity index (χ3v) is 12.7. The number of hydrogen-bond acceptors (Lipinski definition) is 7. The predicted molar refractivity (Wildman–Crippen MR) is 123 cm³/mol. The molecule has 2 saturated carbocycles. The molecule has 7 atom stereocenters. The van der Waals surface area contributed by atoms with Crippen molar-refractivity contribution in [2.75, 3.05) is 7.11 Å². The smallest absolute Gasteiger partial charge is 0.311 e. The fourth-order valence-electron chi connectivity index (χ4n) is 5.48. The minimum Gasteiger partial charge on any atom is -0.469 e. The summed E-state index contributed by atoms with van der Waals surface area (Å²) in [5.41, 5.74) is 0. The van der Waals surface area contributed by atoms with Crippen LogP contribution in [0.2, 0.25) is 18.1 Å². The zero-order chi connectivity index (χ0) is 24.1. The topological polar surface area (TPSA) is 94.5 Å². The molecule has 0 aromatic heterocycles. The maximum atomic E-state index is 13.1. The Labute approximate surface area is 194 Å². The van der Waals surface area contributed by atoms with Gasteiger partial charge in [0.2, 0.25) is 0 Å². The van der Waals surface area contributed by atoms with E-state index in [1.54, 1.807) is 0 Å². The molecule has 0 aromatic carbocycles. The fraction of sp³-hybridized carbons (Fsp3) is 0.958. The average molecular weight is 473 g/mol. The van der Waals surface area contributed by atoms with Gasteiger partial charge in [0.05, 0.1) is 31.3 Å². The van der Waals surface area contributed by atoms with E-state index in [0.29, 0.717) is 0 Å². The molecule has 3 fully saturated rings. The van der Waals surface area contributed by atoms with Gasteiger partial charge < -0.3 is 28.8 Å². The molecule has 2 aliphatic carbocycles. The first kappa shape index (κ1) is 26.1. The molecule has 0 unspecified atom stereocenters. The van der Waals surface area contributed by atoms with Crippen LogP contribution in [0.15, 0.2) is 0 Å². The summed E-state index contributed by atoms with van der Waals surface area (Å²) in [5, 5.41) is 22.8. The quantitative estimate of drug-likeness (QED) is 0.450. The summed E-state index contributed by atoms with van der Waals surface area (Å²) in [4.78, 5) is 13.1. The Hall–Kier alpha value is -0.513. The summed E-state index contributed by atoms with van der Waals surface area (Å²) in [6.07, 6.45) is 1.38. The van der Waals surface area contributed by atoms with E-state index in [4.69, 9.17) is 18.6 Å². The van der Waals surface area contributed by atoms with Gasteiger partial charge in [-0.1, -0.05) is 40.0 Å². The zero-order valence-electron chi connectivity index (χ0n) is 21.1. The number of ether oxygens (including phenoxy) is 3. The second kappa shape index (κ2) is 9.27. The molecule has 32 heavy (non-hydrogen) atoms. The molecule has 2 N–H and O–H groups in total. The van der Waals surface area contributed by atoms with Crippen molar-refractivity contribution in [1.82, 2.24) is 0 Å². The molecule has 1 heterocycles. The molecule has 186 valence electrons. The van der Waals surface area contributed by atoms with Gasteiger partial charge in [0.25, 0.3) is 0 Å². The lowest BCUT2D eigenvalue weighted by Crippen LogP contribution is -2.53. The van der Waals surface area contributed by atoms with Crippen LogP contribution in [0.4, 0.5) is 0 Å². The van der Waals surface area contributed by atoms with E-state index in [-0.39, 0.29) is 11.0 Å². The van der Waals surface area contributed by atoms with Crippen LogP contribution >= 0.6 is 0 Å². The Morgan fingerprint density at radius 2 is 1.66 bits per heavy atom. The van der Waals surface area contributed by atoms with Crippen LogP contribution in [-0.4, -0.2) is 67.9 Å². The minimum absolute atomic E-state index is 0.00675. The second-order valence-electron chi connectivity index (χ2n) is 11.9. The lowest BCUT2D eigenvalue weighted by molar-refractivity contribution is -0.192. The van der Waals surface area contributed by atoms with Crippen LogP contribution < -0.4 is 0 Å². The van der Waals surface area contributed by atoms with Gasteiger partial charge in [0.1, 0.15) is 12.2 Å². The van der Waals surface area contributed by atoms with Gasteiger partial charge in [-0.05, 0) is 50.7 Å². The number of methoxy groups -OCH3 is 1. The number of carbonyl (C=O) groups is 1. The summed E-state index contributed by atoms with van der Waals surface area (Å²) in [5.74, 6) is -2.91. The first-order valence-electron chi connectivity index (χ1n) is 12.2. The van der Waals surface area contributed by atoms with E-state index >= 15 is 0 Å². The molecular weight excluding hydrogens is 428 g/mol. The van der Waals surface area contributed by atoms with Gasteiger partial charge in [-0.15, -0.1) is 0 Å². The fourth-order valence-corrected chi connectivity index (χ4v) is 6.80. The van der Waals surface area contributed by atoms with E-state index in [2.05, 4.69) is 33.9 Å². The van der Waals surface area contributed by atoms with Crippen LogP contribution in [-0.2, 0) is 23.4 Å². The van der Waals surface area contributed by atoms with Crippen LogP contribution in [0.3, 0.4) is 0 Å². The summed E-state index contributed by atoms with van der Waals surface area (Å²) in [7, 11) is -0.955. The van der Waals surface area contributed by atoms with Crippen LogP contribution in [0.5, 0.6) is 0 Å². The van der Waals surface area contributed by atoms with Gasteiger partial charge in [0.15, 0.2) is 14.1 Å². The maximum absolute atomic E-state index is 13.1. The van der Waals surface area contributed by atoms with E-state index in [0.717, 1.165) is 32.1 Å². The highest BCUT2D eigenvalue weighted by atomic mass is 28.4. The van der Waals surface area contributed by atoms with E-state index in [1.165, 1.54) is 7.11 Å². The number of fused-ring (bicyclic) bond motifs is 1. The monoisotopic (exact) mass is 472 g/mol. The van der Waals surface area contributed by atoms with Crippen molar-refractivity contribution in [3.8, 4) is 0 Å². The van der Waals surface area contributed by atoms with E-state index in [1.807, 2.05) is 13.8 Å². The second-order valence-corrected chi connectivity index (χ2v) is 16.7. The minimum atomic E-state index is -2.29. The summed E-state index contributed by atoms with van der Waals surface area (Å²) >= 11 is 0. The summed E-state index contributed by atoms with van der Waals surface area (Å²) in [6.45, 7) is 14.4. The average Bonchev–Trinajstić information content (AvgIpc) is 3.14. The largest absolute Gasteiger partial charge is 0.469 e. The van der Waals surface area contributed by atoms with Gasteiger partial charge in [-0.25, -0.2) is 0 Å². The van der Waals surface area contributed by atoms with Gasteiger partial charge >= 0.3 is 5.97 Å².